The number of rotatable bonds is 4. The van der Waals surface area contributed by atoms with Gasteiger partial charge in [0, 0.05) is 50.0 Å². The third-order valence-corrected chi connectivity index (χ3v) is 7.51. The second-order valence-corrected chi connectivity index (χ2v) is 9.67. The van der Waals surface area contributed by atoms with E-state index in [-0.39, 0.29) is 10.8 Å². The van der Waals surface area contributed by atoms with Crippen molar-refractivity contribution in [2.24, 2.45) is 11.3 Å². The van der Waals surface area contributed by atoms with Gasteiger partial charge in [0.15, 0.2) is 0 Å². The Morgan fingerprint density at radius 2 is 2.10 bits per heavy atom. The fourth-order valence-electron chi connectivity index (χ4n) is 5.33. The first-order chi connectivity index (χ1) is 14.1. The van der Waals surface area contributed by atoms with Gasteiger partial charge in [0.05, 0.1) is 24.3 Å². The highest BCUT2D eigenvalue weighted by Gasteiger charge is 2.50. The van der Waals surface area contributed by atoms with Crippen LogP contribution in [0.15, 0.2) is 6.20 Å². The smallest absolute Gasteiger partial charge is 0.228 e. The Morgan fingerprint density at radius 1 is 1.28 bits per heavy atom. The number of aromatic nitrogens is 2. The molecular weight excluding hydrogens is 368 g/mol. The predicted octanol–water partition coefficient (Wildman–Crippen LogP) is 2.51. The maximum Gasteiger partial charge on any atom is 0.228 e. The number of nitrogens with zero attached hydrogens (tertiary/aromatic N) is 3. The molecule has 158 valence electrons. The van der Waals surface area contributed by atoms with Crippen LogP contribution in [0.1, 0.15) is 56.7 Å². The van der Waals surface area contributed by atoms with E-state index in [0.29, 0.717) is 37.5 Å². The molecule has 29 heavy (non-hydrogen) atoms. The molecule has 0 unspecified atom stereocenters. The summed E-state index contributed by atoms with van der Waals surface area (Å²) in [6.07, 6.45) is 8.21. The lowest BCUT2D eigenvalue weighted by molar-refractivity contribution is -0.145. The van der Waals surface area contributed by atoms with Crippen LogP contribution in [0.3, 0.4) is 0 Å². The van der Waals surface area contributed by atoms with Crippen molar-refractivity contribution in [2.45, 2.75) is 57.5 Å². The highest BCUT2D eigenvalue weighted by molar-refractivity contribution is 5.83. The zero-order valence-electron chi connectivity index (χ0n) is 17.4. The molecule has 0 bridgehead atoms. The van der Waals surface area contributed by atoms with Gasteiger partial charge in [-0.2, -0.15) is 0 Å². The van der Waals surface area contributed by atoms with Crippen LogP contribution in [0.2, 0.25) is 0 Å². The number of ether oxygens (including phenoxy) is 2. The number of hydrogen-bond acceptors (Lipinski definition) is 6. The molecule has 7 nitrogen and oxygen atoms in total. The molecule has 1 aliphatic carbocycles. The standard InChI is InChI=1S/C22H32N4O3/c1-21(5-2-6-21)19(27)26-8-7-22(14-26)15-29-13-17-12-24-20(25-18(17)22)23-11-16-3-9-28-10-4-16/h12,16H,2-11,13-15H2,1H3,(H,23,24,25)/t22-/m1/s1. The molecule has 5 rings (SSSR count). The summed E-state index contributed by atoms with van der Waals surface area (Å²) in [7, 11) is 0. The van der Waals surface area contributed by atoms with Crippen LogP contribution < -0.4 is 5.32 Å². The minimum atomic E-state index is -0.193. The summed E-state index contributed by atoms with van der Waals surface area (Å²) in [6, 6.07) is 0. The van der Waals surface area contributed by atoms with Crippen molar-refractivity contribution in [1.29, 1.82) is 0 Å². The highest BCUT2D eigenvalue weighted by Crippen LogP contribution is 2.45. The number of anilines is 1. The quantitative estimate of drug-likeness (QED) is 0.837. The number of likely N-dealkylation sites (tertiary alicyclic amines) is 1. The second-order valence-electron chi connectivity index (χ2n) is 9.67. The lowest BCUT2D eigenvalue weighted by atomic mass is 9.69. The lowest BCUT2D eigenvalue weighted by Gasteiger charge is -2.40. The molecule has 7 heteroatoms. The largest absolute Gasteiger partial charge is 0.381 e. The van der Waals surface area contributed by atoms with E-state index in [1.54, 1.807) is 0 Å². The van der Waals surface area contributed by atoms with Crippen molar-refractivity contribution in [2.75, 3.05) is 44.8 Å². The van der Waals surface area contributed by atoms with E-state index >= 15 is 0 Å². The van der Waals surface area contributed by atoms with Crippen LogP contribution in [0.25, 0.3) is 0 Å². The van der Waals surface area contributed by atoms with Crippen LogP contribution in [0, 0.1) is 11.3 Å². The van der Waals surface area contributed by atoms with E-state index in [0.717, 1.165) is 69.7 Å². The van der Waals surface area contributed by atoms with Crippen molar-refractivity contribution in [3.8, 4) is 0 Å². The highest BCUT2D eigenvalue weighted by atomic mass is 16.5. The van der Waals surface area contributed by atoms with Gasteiger partial charge in [-0.25, -0.2) is 9.97 Å². The molecule has 0 radical (unpaired) electrons. The van der Waals surface area contributed by atoms with Crippen molar-refractivity contribution < 1.29 is 14.3 Å². The molecule has 1 atom stereocenters. The van der Waals surface area contributed by atoms with E-state index in [4.69, 9.17) is 14.5 Å². The van der Waals surface area contributed by atoms with E-state index in [2.05, 4.69) is 22.1 Å². The topological polar surface area (TPSA) is 76.6 Å². The lowest BCUT2D eigenvalue weighted by Crippen LogP contribution is -2.47. The van der Waals surface area contributed by atoms with E-state index < -0.39 is 0 Å². The number of hydrogen-bond donors (Lipinski definition) is 1. The Bertz CT molecular complexity index is 775. The Labute approximate surface area is 172 Å². The number of fused-ring (bicyclic) bond motifs is 2. The van der Waals surface area contributed by atoms with Crippen LogP contribution in [-0.2, 0) is 26.3 Å². The average Bonchev–Trinajstić information content (AvgIpc) is 3.16. The Morgan fingerprint density at radius 3 is 2.86 bits per heavy atom. The third kappa shape index (κ3) is 3.52. The van der Waals surface area contributed by atoms with Gasteiger partial charge in [-0.05, 0) is 38.0 Å². The first kappa shape index (κ1) is 19.2. The van der Waals surface area contributed by atoms with Gasteiger partial charge in [-0.3, -0.25) is 4.79 Å². The summed E-state index contributed by atoms with van der Waals surface area (Å²) < 4.78 is 11.4. The first-order valence-corrected chi connectivity index (χ1v) is 11.1. The monoisotopic (exact) mass is 400 g/mol. The zero-order valence-corrected chi connectivity index (χ0v) is 17.4. The molecule has 1 amide bonds. The van der Waals surface area contributed by atoms with Crippen molar-refractivity contribution in [3.05, 3.63) is 17.5 Å². The number of carbonyl (C=O) groups is 1. The molecule has 4 heterocycles. The molecule has 0 aromatic carbocycles. The van der Waals surface area contributed by atoms with E-state index in [1.807, 2.05) is 6.20 Å². The summed E-state index contributed by atoms with van der Waals surface area (Å²) >= 11 is 0. The van der Waals surface area contributed by atoms with Crippen LogP contribution in [-0.4, -0.2) is 60.2 Å². The predicted molar refractivity (Wildman–Crippen MR) is 109 cm³/mol. The van der Waals surface area contributed by atoms with Gasteiger partial charge >= 0.3 is 0 Å². The molecule has 4 aliphatic rings. The van der Waals surface area contributed by atoms with Crippen LogP contribution >= 0.6 is 0 Å². The van der Waals surface area contributed by atoms with Gasteiger partial charge in [0.2, 0.25) is 11.9 Å². The maximum absolute atomic E-state index is 13.1. The van der Waals surface area contributed by atoms with Gasteiger partial charge in [-0.15, -0.1) is 0 Å². The fraction of sp³-hybridized carbons (Fsp3) is 0.773. The number of amides is 1. The van der Waals surface area contributed by atoms with Gasteiger partial charge in [0.25, 0.3) is 0 Å². The van der Waals surface area contributed by atoms with Gasteiger partial charge < -0.3 is 19.7 Å². The Balaban J connectivity index is 1.32. The molecule has 1 saturated carbocycles. The van der Waals surface area contributed by atoms with Crippen molar-refractivity contribution in [3.63, 3.8) is 0 Å². The maximum atomic E-state index is 13.1. The molecule has 3 fully saturated rings. The third-order valence-electron chi connectivity index (χ3n) is 7.51. The van der Waals surface area contributed by atoms with Crippen molar-refractivity contribution in [1.82, 2.24) is 14.9 Å². The summed E-state index contributed by atoms with van der Waals surface area (Å²) in [6.45, 7) is 7.41. The normalized spacial score (nSPS) is 28.8. The van der Waals surface area contributed by atoms with Gasteiger partial charge in [0.1, 0.15) is 0 Å². The van der Waals surface area contributed by atoms with Crippen molar-refractivity contribution >= 4 is 11.9 Å². The Hall–Kier alpha value is -1.73. The Kier molecular flexibility index (Phi) is 4.98. The zero-order chi connectivity index (χ0) is 19.9. The van der Waals surface area contributed by atoms with E-state index in [9.17, 15) is 4.79 Å². The molecule has 1 aromatic heterocycles. The minimum absolute atomic E-state index is 0.147. The summed E-state index contributed by atoms with van der Waals surface area (Å²) in [5.74, 6) is 1.63. The van der Waals surface area contributed by atoms with Gasteiger partial charge in [-0.1, -0.05) is 13.3 Å². The SMILES string of the molecule is CC1(C(=O)N2CC[C@]3(COCc4cnc(NCC5CCOCC5)nc43)C2)CCC1. The molecule has 1 spiro atoms. The fourth-order valence-corrected chi connectivity index (χ4v) is 5.33. The molecule has 2 saturated heterocycles. The summed E-state index contributed by atoms with van der Waals surface area (Å²) in [5.41, 5.74) is 1.81. The molecular formula is C22H32N4O3. The van der Waals surface area contributed by atoms with Crippen LogP contribution in [0.4, 0.5) is 5.95 Å². The second kappa shape index (κ2) is 7.51. The number of nitrogens with one attached hydrogen (secondary N) is 1. The summed E-state index contributed by atoms with van der Waals surface area (Å²) in [5, 5.41) is 3.45. The molecule has 1 N–H and O–H groups in total. The molecule has 1 aromatic rings. The summed E-state index contributed by atoms with van der Waals surface area (Å²) in [4.78, 5) is 24.6. The van der Waals surface area contributed by atoms with E-state index in [1.165, 1.54) is 6.42 Å². The minimum Gasteiger partial charge on any atom is -0.381 e. The first-order valence-electron chi connectivity index (χ1n) is 11.1. The van der Waals surface area contributed by atoms with Crippen LogP contribution in [0.5, 0.6) is 0 Å². The molecule has 3 aliphatic heterocycles. The number of carbonyl (C=O) groups excluding carboxylic acids is 1. The average molecular weight is 401 g/mol.